The third-order valence-electron chi connectivity index (χ3n) is 2.65. The first-order valence-corrected chi connectivity index (χ1v) is 3.61. The van der Waals surface area contributed by atoms with Gasteiger partial charge in [-0.25, -0.2) is 0 Å². The van der Waals surface area contributed by atoms with Gasteiger partial charge in [0.15, 0.2) is 0 Å². The Kier molecular flexibility index (Phi) is 0.884. The summed E-state index contributed by atoms with van der Waals surface area (Å²) < 4.78 is 0. The van der Waals surface area contributed by atoms with E-state index in [0.29, 0.717) is 0 Å². The van der Waals surface area contributed by atoms with E-state index in [1.165, 1.54) is 25.7 Å². The van der Waals surface area contributed by atoms with Gasteiger partial charge < -0.3 is 0 Å². The Morgan fingerprint density at radius 2 is 1.62 bits per heavy atom. The summed E-state index contributed by atoms with van der Waals surface area (Å²) in [5.41, 5.74) is 0. The summed E-state index contributed by atoms with van der Waals surface area (Å²) in [7, 11) is 2.25. The Bertz CT molecular complexity index is 88.6. The van der Waals surface area contributed by atoms with Crippen molar-refractivity contribution in [2.24, 2.45) is 0 Å². The second-order valence-electron chi connectivity index (χ2n) is 3.08. The lowest BCUT2D eigenvalue weighted by Crippen LogP contribution is -2.00. The molecule has 1 heteroatoms. The zero-order chi connectivity index (χ0) is 5.56. The van der Waals surface area contributed by atoms with Gasteiger partial charge in [0, 0.05) is 12.1 Å². The standard InChI is InChI=1S/C7H13N/c1-8-6-4-2-3-5-7(6)8/h6-7H,2-5H2,1H3. The molecule has 0 amide bonds. The average molecular weight is 111 g/mol. The van der Waals surface area contributed by atoms with E-state index in [1.54, 1.807) is 0 Å². The molecule has 1 nitrogen and oxygen atoms in total. The maximum Gasteiger partial charge on any atom is 0.0252 e. The quantitative estimate of drug-likeness (QED) is 0.425. The van der Waals surface area contributed by atoms with Gasteiger partial charge in [0.05, 0.1) is 0 Å². The number of hydrogen-bond donors (Lipinski definition) is 0. The average Bonchev–Trinajstić information content (AvgIpc) is 2.46. The number of nitrogens with zero attached hydrogens (tertiary/aromatic N) is 1. The van der Waals surface area contributed by atoms with Crippen LogP contribution >= 0.6 is 0 Å². The highest BCUT2D eigenvalue weighted by Crippen LogP contribution is 2.38. The van der Waals surface area contributed by atoms with Gasteiger partial charge in [-0.2, -0.15) is 0 Å². The normalized spacial score (nSPS) is 52.9. The molecule has 2 atom stereocenters. The lowest BCUT2D eigenvalue weighted by molar-refractivity contribution is 0.571. The van der Waals surface area contributed by atoms with Gasteiger partial charge in [-0.3, -0.25) is 4.90 Å². The molecule has 0 aromatic heterocycles. The highest BCUT2D eigenvalue weighted by Gasteiger charge is 2.44. The monoisotopic (exact) mass is 111 g/mol. The number of fused-ring (bicyclic) bond motifs is 1. The lowest BCUT2D eigenvalue weighted by Gasteiger charge is -2.02. The van der Waals surface area contributed by atoms with Crippen molar-refractivity contribution in [1.29, 1.82) is 0 Å². The SMILES string of the molecule is CN1C2CCCCC21. The van der Waals surface area contributed by atoms with Crippen LogP contribution in [0.2, 0.25) is 0 Å². The van der Waals surface area contributed by atoms with Crippen molar-refractivity contribution in [1.82, 2.24) is 4.90 Å². The van der Waals surface area contributed by atoms with Crippen LogP contribution in [0.3, 0.4) is 0 Å². The smallest absolute Gasteiger partial charge is 0.0252 e. The van der Waals surface area contributed by atoms with Gasteiger partial charge in [-0.1, -0.05) is 12.8 Å². The summed E-state index contributed by atoms with van der Waals surface area (Å²) >= 11 is 0. The van der Waals surface area contributed by atoms with Gasteiger partial charge in [-0.15, -0.1) is 0 Å². The molecule has 0 aromatic rings. The molecule has 2 fully saturated rings. The summed E-state index contributed by atoms with van der Waals surface area (Å²) in [6, 6.07) is 2.01. The minimum absolute atomic E-state index is 1.00. The summed E-state index contributed by atoms with van der Waals surface area (Å²) in [5.74, 6) is 0. The molecule has 1 heterocycles. The molecule has 0 N–H and O–H groups in total. The molecule has 46 valence electrons. The number of hydrogen-bond acceptors (Lipinski definition) is 1. The van der Waals surface area contributed by atoms with Crippen molar-refractivity contribution >= 4 is 0 Å². The van der Waals surface area contributed by atoms with Gasteiger partial charge in [0.2, 0.25) is 0 Å². The highest BCUT2D eigenvalue weighted by molar-refractivity contribution is 5.01. The Morgan fingerprint density at radius 1 is 1.12 bits per heavy atom. The van der Waals surface area contributed by atoms with Crippen LogP contribution in [0.25, 0.3) is 0 Å². The van der Waals surface area contributed by atoms with E-state index in [2.05, 4.69) is 11.9 Å². The summed E-state index contributed by atoms with van der Waals surface area (Å²) in [6.45, 7) is 0. The van der Waals surface area contributed by atoms with Crippen molar-refractivity contribution < 1.29 is 0 Å². The predicted octanol–water partition coefficient (Wildman–Crippen LogP) is 1.24. The van der Waals surface area contributed by atoms with Gasteiger partial charge >= 0.3 is 0 Å². The third-order valence-corrected chi connectivity index (χ3v) is 2.65. The fraction of sp³-hybridized carbons (Fsp3) is 1.00. The van der Waals surface area contributed by atoms with Crippen LogP contribution in [0, 0.1) is 0 Å². The Balaban J connectivity index is 1.97. The van der Waals surface area contributed by atoms with Gasteiger partial charge in [0.25, 0.3) is 0 Å². The Labute approximate surface area is 50.7 Å². The Hall–Kier alpha value is -0.0400. The zero-order valence-corrected chi connectivity index (χ0v) is 5.43. The molecular weight excluding hydrogens is 98.1 g/mol. The zero-order valence-electron chi connectivity index (χ0n) is 5.43. The fourth-order valence-corrected chi connectivity index (χ4v) is 1.97. The van der Waals surface area contributed by atoms with Gasteiger partial charge in [-0.05, 0) is 19.9 Å². The van der Waals surface area contributed by atoms with Crippen molar-refractivity contribution in [2.75, 3.05) is 7.05 Å². The lowest BCUT2D eigenvalue weighted by atomic mass is 10.0. The predicted molar refractivity (Wildman–Crippen MR) is 33.8 cm³/mol. The van der Waals surface area contributed by atoms with E-state index in [0.717, 1.165) is 12.1 Å². The van der Waals surface area contributed by atoms with E-state index in [-0.39, 0.29) is 0 Å². The van der Waals surface area contributed by atoms with Crippen molar-refractivity contribution in [3.63, 3.8) is 0 Å². The molecule has 0 spiro atoms. The number of likely N-dealkylation sites (N-methyl/N-ethyl adjacent to an activating group) is 1. The minimum Gasteiger partial charge on any atom is -0.297 e. The topological polar surface area (TPSA) is 3.01 Å². The van der Waals surface area contributed by atoms with E-state index in [4.69, 9.17) is 0 Å². The van der Waals surface area contributed by atoms with Crippen LogP contribution < -0.4 is 0 Å². The molecule has 8 heavy (non-hydrogen) atoms. The molecule has 1 saturated heterocycles. The second kappa shape index (κ2) is 1.47. The van der Waals surface area contributed by atoms with Crippen LogP contribution in [-0.2, 0) is 0 Å². The van der Waals surface area contributed by atoms with Crippen LogP contribution in [0.15, 0.2) is 0 Å². The maximum atomic E-state index is 2.51. The summed E-state index contributed by atoms with van der Waals surface area (Å²) in [5, 5.41) is 0. The van der Waals surface area contributed by atoms with Gasteiger partial charge in [0.1, 0.15) is 0 Å². The molecule has 0 bridgehead atoms. The number of likely N-dealkylation sites (tertiary alicyclic amines) is 1. The second-order valence-corrected chi connectivity index (χ2v) is 3.08. The largest absolute Gasteiger partial charge is 0.297 e. The Morgan fingerprint density at radius 3 is 2.00 bits per heavy atom. The van der Waals surface area contributed by atoms with E-state index in [1.807, 2.05) is 0 Å². The van der Waals surface area contributed by atoms with E-state index >= 15 is 0 Å². The molecule has 2 aliphatic rings. The van der Waals surface area contributed by atoms with Crippen LogP contribution in [-0.4, -0.2) is 24.0 Å². The molecule has 0 aromatic carbocycles. The van der Waals surface area contributed by atoms with Crippen LogP contribution in [0.4, 0.5) is 0 Å². The maximum absolute atomic E-state index is 2.51. The first kappa shape index (κ1) is 4.80. The van der Waals surface area contributed by atoms with Crippen LogP contribution in [0.5, 0.6) is 0 Å². The fourth-order valence-electron chi connectivity index (χ4n) is 1.97. The van der Waals surface area contributed by atoms with Crippen molar-refractivity contribution in [3.8, 4) is 0 Å². The molecule has 1 aliphatic carbocycles. The number of rotatable bonds is 0. The molecular formula is C7H13N. The molecule has 1 aliphatic heterocycles. The van der Waals surface area contributed by atoms with E-state index < -0.39 is 0 Å². The third kappa shape index (κ3) is 0.510. The molecule has 1 saturated carbocycles. The first-order chi connectivity index (χ1) is 3.89. The summed E-state index contributed by atoms with van der Waals surface area (Å²) in [4.78, 5) is 2.51. The van der Waals surface area contributed by atoms with E-state index in [9.17, 15) is 0 Å². The minimum atomic E-state index is 1.00. The molecule has 2 unspecified atom stereocenters. The highest BCUT2D eigenvalue weighted by atomic mass is 15.3. The van der Waals surface area contributed by atoms with Crippen molar-refractivity contribution in [2.45, 2.75) is 37.8 Å². The van der Waals surface area contributed by atoms with Crippen molar-refractivity contribution in [3.05, 3.63) is 0 Å². The first-order valence-electron chi connectivity index (χ1n) is 3.61. The van der Waals surface area contributed by atoms with Crippen LogP contribution in [0.1, 0.15) is 25.7 Å². The molecule has 0 radical (unpaired) electrons. The summed E-state index contributed by atoms with van der Waals surface area (Å²) in [6.07, 6.45) is 5.90. The molecule has 2 rings (SSSR count).